The maximum absolute atomic E-state index is 13.2. The number of benzene rings is 2. The molecule has 0 spiro atoms. The van der Waals surface area contributed by atoms with Gasteiger partial charge in [0.25, 0.3) is 10.0 Å². The molecule has 3 rings (SSSR count). The number of sulfonamides is 1. The van der Waals surface area contributed by atoms with Crippen LogP contribution >= 0.6 is 11.8 Å². The van der Waals surface area contributed by atoms with Crippen LogP contribution < -0.4 is 4.31 Å². The molecule has 0 bridgehead atoms. The van der Waals surface area contributed by atoms with Gasteiger partial charge in [-0.2, -0.15) is 13.2 Å². The number of alkyl halides is 3. The van der Waals surface area contributed by atoms with E-state index in [-0.39, 0.29) is 27.3 Å². The van der Waals surface area contributed by atoms with Crippen molar-refractivity contribution < 1.29 is 30.0 Å². The van der Waals surface area contributed by atoms with E-state index in [1.165, 1.54) is 30.0 Å². The summed E-state index contributed by atoms with van der Waals surface area (Å²) in [6.45, 7) is 1.89. The smallest absolute Gasteiger partial charge is 0.265 e. The number of hydrogen-bond acceptors (Lipinski definition) is 5. The second-order valence-electron chi connectivity index (χ2n) is 6.72. The molecule has 0 aromatic heterocycles. The van der Waals surface area contributed by atoms with Crippen LogP contribution in [0.1, 0.15) is 18.9 Å². The van der Waals surface area contributed by atoms with Gasteiger partial charge in [0.05, 0.1) is 21.0 Å². The van der Waals surface area contributed by atoms with Crippen LogP contribution in [0.25, 0.3) is 0 Å². The summed E-state index contributed by atoms with van der Waals surface area (Å²) < 4.78 is 90.2. The molecule has 1 aliphatic rings. The summed E-state index contributed by atoms with van der Waals surface area (Å²) in [4.78, 5) is 0.211. The minimum absolute atomic E-state index is 0.0123. The normalized spacial score (nSPS) is 18.2. The van der Waals surface area contributed by atoms with Gasteiger partial charge >= 0.3 is 6.18 Å². The molecule has 11 heteroatoms. The van der Waals surface area contributed by atoms with E-state index in [0.29, 0.717) is 11.3 Å². The molecule has 158 valence electrons. The van der Waals surface area contributed by atoms with Crippen molar-refractivity contribution in [2.24, 2.45) is 0 Å². The van der Waals surface area contributed by atoms with E-state index in [2.05, 4.69) is 0 Å². The molecule has 1 aliphatic heterocycles. The lowest BCUT2D eigenvalue weighted by atomic mass is 10.2. The number of thioether (sulfide) groups is 1. The summed E-state index contributed by atoms with van der Waals surface area (Å²) in [6.07, 6.45) is -3.16. The number of nitrogens with zero attached hydrogens (tertiary/aromatic N) is 1. The highest BCUT2D eigenvalue weighted by Crippen LogP contribution is 2.43. The van der Waals surface area contributed by atoms with Gasteiger partial charge in [-0.25, -0.2) is 16.8 Å². The topological polar surface area (TPSA) is 71.5 Å². The molecule has 0 amide bonds. The molecule has 0 radical (unpaired) electrons. The van der Waals surface area contributed by atoms with Crippen LogP contribution in [0, 0.1) is 0 Å². The van der Waals surface area contributed by atoms with Crippen LogP contribution in [-0.2, 0) is 26.0 Å². The predicted octanol–water partition coefficient (Wildman–Crippen LogP) is 4.19. The number of halogens is 3. The first-order valence-electron chi connectivity index (χ1n) is 8.51. The monoisotopic (exact) mass is 465 g/mol. The third-order valence-electron chi connectivity index (χ3n) is 4.46. The van der Waals surface area contributed by atoms with Gasteiger partial charge in [0.2, 0.25) is 0 Å². The van der Waals surface area contributed by atoms with Crippen molar-refractivity contribution >= 4 is 37.3 Å². The van der Waals surface area contributed by atoms with Gasteiger partial charge in [0.1, 0.15) is 0 Å². The highest BCUT2D eigenvalue weighted by atomic mass is 32.2. The van der Waals surface area contributed by atoms with Crippen molar-refractivity contribution in [2.45, 2.75) is 39.5 Å². The molecule has 0 N–H and O–H groups in total. The average molecular weight is 466 g/mol. The molecule has 1 atom stereocenters. The third kappa shape index (κ3) is 4.56. The second kappa shape index (κ2) is 7.51. The minimum atomic E-state index is -4.61. The molecule has 2 aromatic rings. The Balaban J connectivity index is 2.12. The molecule has 2 aromatic carbocycles. The first-order valence-corrected chi connectivity index (χ1v) is 12.7. The van der Waals surface area contributed by atoms with Gasteiger partial charge in [-0.15, -0.1) is 11.8 Å². The molecular weight excluding hydrogens is 447 g/mol. The van der Waals surface area contributed by atoms with E-state index in [0.717, 1.165) is 34.8 Å². The Hall–Kier alpha value is -1.72. The number of anilines is 1. The van der Waals surface area contributed by atoms with Crippen LogP contribution in [0.5, 0.6) is 0 Å². The van der Waals surface area contributed by atoms with Gasteiger partial charge in [-0.1, -0.05) is 6.92 Å². The lowest BCUT2D eigenvalue weighted by Crippen LogP contribution is -2.32. The van der Waals surface area contributed by atoms with Gasteiger partial charge in [0, 0.05) is 22.9 Å². The zero-order valence-electron chi connectivity index (χ0n) is 15.5. The highest BCUT2D eigenvalue weighted by Gasteiger charge is 2.35. The van der Waals surface area contributed by atoms with Gasteiger partial charge in [0.15, 0.2) is 9.84 Å². The molecule has 1 unspecified atom stereocenters. The van der Waals surface area contributed by atoms with Crippen LogP contribution in [0.3, 0.4) is 0 Å². The maximum atomic E-state index is 13.2. The molecule has 0 saturated heterocycles. The van der Waals surface area contributed by atoms with E-state index >= 15 is 0 Å². The van der Waals surface area contributed by atoms with E-state index in [9.17, 15) is 30.0 Å². The minimum Gasteiger partial charge on any atom is -0.265 e. The van der Waals surface area contributed by atoms with Crippen molar-refractivity contribution in [1.29, 1.82) is 0 Å². The lowest BCUT2D eigenvalue weighted by molar-refractivity contribution is -0.137. The van der Waals surface area contributed by atoms with Gasteiger partial charge < -0.3 is 0 Å². The van der Waals surface area contributed by atoms with Crippen molar-refractivity contribution in [3.63, 3.8) is 0 Å². The Labute approximate surface area is 171 Å². The summed E-state index contributed by atoms with van der Waals surface area (Å²) >= 11 is 1.32. The Bertz CT molecular complexity index is 1130. The summed E-state index contributed by atoms with van der Waals surface area (Å²) in [7, 11) is -7.70. The van der Waals surface area contributed by atoms with Crippen molar-refractivity contribution in [3.8, 4) is 0 Å². The summed E-state index contributed by atoms with van der Waals surface area (Å²) in [6, 6.07) is 7.73. The first-order chi connectivity index (χ1) is 13.3. The van der Waals surface area contributed by atoms with Crippen molar-refractivity contribution in [1.82, 2.24) is 0 Å². The second-order valence-corrected chi connectivity index (χ2v) is 12.1. The third-order valence-corrected chi connectivity index (χ3v) is 8.65. The molecule has 29 heavy (non-hydrogen) atoms. The Morgan fingerprint density at radius 3 is 2.14 bits per heavy atom. The fourth-order valence-electron chi connectivity index (χ4n) is 2.92. The zero-order valence-corrected chi connectivity index (χ0v) is 17.9. The fraction of sp³-hybridized carbons (Fsp3) is 0.333. The van der Waals surface area contributed by atoms with E-state index in [4.69, 9.17) is 0 Å². The molecule has 5 nitrogen and oxygen atoms in total. The van der Waals surface area contributed by atoms with Crippen LogP contribution in [0.4, 0.5) is 18.9 Å². The molecular formula is C18H18F3NO4S3. The number of sulfone groups is 1. The Kier molecular flexibility index (Phi) is 5.69. The molecule has 1 heterocycles. The standard InChI is InChI=1S/C18H18F3NO4S3/c1-12-9-10-22(16-11-13(18(19,20)21)3-8-17(16)27-12)29(25,26)15-6-4-14(5-7-15)28(2,23)24/h3-8,11-12H,9-10H2,1-2H3. The van der Waals surface area contributed by atoms with Crippen molar-refractivity contribution in [3.05, 3.63) is 48.0 Å². The molecule has 0 fully saturated rings. The van der Waals surface area contributed by atoms with E-state index in [1.807, 2.05) is 6.92 Å². The summed E-state index contributed by atoms with van der Waals surface area (Å²) in [5.74, 6) is 0. The van der Waals surface area contributed by atoms with Gasteiger partial charge in [-0.3, -0.25) is 4.31 Å². The Morgan fingerprint density at radius 1 is 1.00 bits per heavy atom. The fourth-order valence-corrected chi connectivity index (χ4v) is 6.19. The highest BCUT2D eigenvalue weighted by molar-refractivity contribution is 8.00. The maximum Gasteiger partial charge on any atom is 0.416 e. The molecule has 0 aliphatic carbocycles. The quantitative estimate of drug-likeness (QED) is 0.680. The van der Waals surface area contributed by atoms with Crippen molar-refractivity contribution in [2.75, 3.05) is 17.1 Å². The first kappa shape index (κ1) is 22.0. The summed E-state index contributed by atoms with van der Waals surface area (Å²) in [5, 5.41) is 0.0123. The van der Waals surface area contributed by atoms with E-state index < -0.39 is 31.6 Å². The number of fused-ring (bicyclic) bond motifs is 1. The number of rotatable bonds is 3. The number of hydrogen-bond donors (Lipinski definition) is 0. The van der Waals surface area contributed by atoms with Crippen LogP contribution in [0.2, 0.25) is 0 Å². The average Bonchev–Trinajstić information content (AvgIpc) is 2.78. The molecule has 0 saturated carbocycles. The van der Waals surface area contributed by atoms with Gasteiger partial charge in [-0.05, 0) is 48.9 Å². The van der Waals surface area contributed by atoms with Crippen LogP contribution in [0.15, 0.2) is 57.2 Å². The SMILES string of the molecule is CC1CCN(S(=O)(=O)c2ccc(S(C)(=O)=O)cc2)c2cc(C(F)(F)F)ccc2S1. The van der Waals surface area contributed by atoms with Crippen LogP contribution in [-0.4, -0.2) is 34.9 Å². The summed E-state index contributed by atoms with van der Waals surface area (Å²) in [5.41, 5.74) is -0.958. The van der Waals surface area contributed by atoms with E-state index in [1.54, 1.807) is 0 Å². The largest absolute Gasteiger partial charge is 0.416 e. The predicted molar refractivity (Wildman–Crippen MR) is 105 cm³/mol. The lowest BCUT2D eigenvalue weighted by Gasteiger charge is -2.25. The Morgan fingerprint density at radius 2 is 1.59 bits per heavy atom. The zero-order chi connectivity index (χ0) is 21.6.